The van der Waals surface area contributed by atoms with Crippen molar-refractivity contribution in [3.8, 4) is 0 Å². The zero-order valence-corrected chi connectivity index (χ0v) is 18.7. The van der Waals surface area contributed by atoms with Crippen LogP contribution >= 0.6 is 11.3 Å². The predicted molar refractivity (Wildman–Crippen MR) is 122 cm³/mol. The van der Waals surface area contributed by atoms with E-state index in [0.29, 0.717) is 20.6 Å². The van der Waals surface area contributed by atoms with Crippen LogP contribution in [0.3, 0.4) is 0 Å². The van der Waals surface area contributed by atoms with E-state index in [0.717, 1.165) is 16.9 Å². The van der Waals surface area contributed by atoms with E-state index in [1.807, 2.05) is 55.4 Å². The largest absolute Gasteiger partial charge is 0.463 e. The van der Waals surface area contributed by atoms with Crippen LogP contribution in [0.2, 0.25) is 0 Å². The number of hydrogen-bond donors (Lipinski definition) is 1. The summed E-state index contributed by atoms with van der Waals surface area (Å²) in [6.07, 6.45) is 3.61. The topological polar surface area (TPSA) is 79.7 Å². The van der Waals surface area contributed by atoms with Gasteiger partial charge in [-0.15, -0.1) is 0 Å². The minimum atomic E-state index is -0.600. The Labute approximate surface area is 183 Å². The molecule has 1 atom stereocenters. The maximum absolute atomic E-state index is 13.4. The van der Waals surface area contributed by atoms with Gasteiger partial charge in [0.2, 0.25) is 0 Å². The first kappa shape index (κ1) is 20.9. The Hall–Kier alpha value is -3.39. The summed E-state index contributed by atoms with van der Waals surface area (Å²) in [5, 5.41) is 0. The number of thiazole rings is 1. The van der Waals surface area contributed by atoms with Gasteiger partial charge < -0.3 is 14.6 Å². The molecule has 7 nitrogen and oxygen atoms in total. The first-order valence-electron chi connectivity index (χ1n) is 10.0. The van der Waals surface area contributed by atoms with E-state index in [-0.39, 0.29) is 12.2 Å². The highest BCUT2D eigenvalue weighted by molar-refractivity contribution is 7.07. The number of aromatic nitrogens is 2. The van der Waals surface area contributed by atoms with Crippen LogP contribution < -0.4 is 19.8 Å². The average Bonchev–Trinajstić information content (AvgIpc) is 3.35. The maximum atomic E-state index is 13.4. The van der Waals surface area contributed by atoms with Crippen molar-refractivity contribution < 1.29 is 9.53 Å². The van der Waals surface area contributed by atoms with Crippen LogP contribution in [-0.4, -0.2) is 36.2 Å². The molecule has 4 rings (SSSR count). The Morgan fingerprint density at radius 2 is 2.03 bits per heavy atom. The molecule has 1 N–H and O–H groups in total. The Kier molecular flexibility index (Phi) is 5.65. The van der Waals surface area contributed by atoms with Gasteiger partial charge in [-0.1, -0.05) is 23.5 Å². The Morgan fingerprint density at radius 3 is 2.65 bits per heavy atom. The summed E-state index contributed by atoms with van der Waals surface area (Å²) in [5.74, 6) is -0.455. The predicted octanol–water partition coefficient (Wildman–Crippen LogP) is 2.19. The highest BCUT2D eigenvalue weighted by atomic mass is 32.1. The summed E-state index contributed by atoms with van der Waals surface area (Å²) in [6, 6.07) is 11.0. The molecule has 0 saturated carbocycles. The van der Waals surface area contributed by atoms with Gasteiger partial charge in [-0.05, 0) is 49.8 Å². The number of fused-ring (bicyclic) bond motifs is 1. The van der Waals surface area contributed by atoms with Gasteiger partial charge in [0, 0.05) is 31.7 Å². The van der Waals surface area contributed by atoms with E-state index < -0.39 is 12.0 Å². The number of esters is 1. The van der Waals surface area contributed by atoms with Gasteiger partial charge in [0.1, 0.15) is 0 Å². The third-order valence-electron chi connectivity index (χ3n) is 5.15. The van der Waals surface area contributed by atoms with Gasteiger partial charge in [0.05, 0.1) is 28.5 Å². The van der Waals surface area contributed by atoms with Gasteiger partial charge >= 0.3 is 5.97 Å². The molecule has 0 saturated heterocycles. The number of nitrogens with one attached hydrogen (secondary N) is 1. The quantitative estimate of drug-likeness (QED) is 0.622. The Bertz CT molecular complexity index is 1310. The maximum Gasteiger partial charge on any atom is 0.338 e. The monoisotopic (exact) mass is 436 g/mol. The molecule has 8 heteroatoms. The second kappa shape index (κ2) is 8.39. The second-order valence-electron chi connectivity index (χ2n) is 7.41. The summed E-state index contributed by atoms with van der Waals surface area (Å²) in [4.78, 5) is 36.5. The number of anilines is 1. The lowest BCUT2D eigenvalue weighted by Crippen LogP contribution is -2.39. The SMILES string of the molecule is CCOC(=O)C1=C(C)N=c2s/c(=C/c3ccc[nH]3)c(=O)n2[C@@H]1c1ccc(N(C)C)cc1. The molecular formula is C23H24N4O3S. The van der Waals surface area contributed by atoms with E-state index in [2.05, 4.69) is 9.98 Å². The van der Waals surface area contributed by atoms with Crippen LogP contribution in [0.25, 0.3) is 6.08 Å². The van der Waals surface area contributed by atoms with Crippen molar-refractivity contribution in [1.82, 2.24) is 9.55 Å². The van der Waals surface area contributed by atoms with Crippen molar-refractivity contribution in [1.29, 1.82) is 0 Å². The molecule has 1 aliphatic heterocycles. The summed E-state index contributed by atoms with van der Waals surface area (Å²) < 4.78 is 7.47. The van der Waals surface area contributed by atoms with Crippen molar-refractivity contribution in [3.05, 3.63) is 84.8 Å². The normalized spacial score (nSPS) is 16.1. The molecule has 0 aliphatic carbocycles. The van der Waals surface area contributed by atoms with Crippen LogP contribution in [0, 0.1) is 0 Å². The van der Waals surface area contributed by atoms with Gasteiger partial charge in [-0.3, -0.25) is 9.36 Å². The van der Waals surface area contributed by atoms with Crippen LogP contribution in [0.4, 0.5) is 5.69 Å². The number of allylic oxidation sites excluding steroid dienone is 1. The van der Waals surface area contributed by atoms with Crippen molar-refractivity contribution >= 4 is 29.1 Å². The zero-order valence-electron chi connectivity index (χ0n) is 17.9. The number of H-pyrrole nitrogens is 1. The smallest absolute Gasteiger partial charge is 0.338 e. The molecule has 0 spiro atoms. The Balaban J connectivity index is 1.94. The third kappa shape index (κ3) is 3.86. The third-order valence-corrected chi connectivity index (χ3v) is 6.13. The summed E-state index contributed by atoms with van der Waals surface area (Å²) in [6.45, 7) is 3.80. The molecule has 160 valence electrons. The molecular weight excluding hydrogens is 412 g/mol. The van der Waals surface area contributed by atoms with E-state index in [1.165, 1.54) is 11.3 Å². The van der Waals surface area contributed by atoms with Crippen LogP contribution in [0.15, 0.2) is 63.7 Å². The van der Waals surface area contributed by atoms with Crippen LogP contribution in [0.5, 0.6) is 0 Å². The van der Waals surface area contributed by atoms with E-state index in [9.17, 15) is 9.59 Å². The lowest BCUT2D eigenvalue weighted by molar-refractivity contribution is -0.139. The average molecular weight is 437 g/mol. The number of hydrogen-bond acceptors (Lipinski definition) is 6. The fourth-order valence-electron chi connectivity index (χ4n) is 3.64. The van der Waals surface area contributed by atoms with Gasteiger partial charge in [-0.2, -0.15) is 0 Å². The number of benzene rings is 1. The number of carbonyl (C=O) groups excluding carboxylic acids is 1. The zero-order chi connectivity index (χ0) is 22.1. The molecule has 0 unspecified atom stereocenters. The molecule has 3 heterocycles. The van der Waals surface area contributed by atoms with Crippen LogP contribution in [-0.2, 0) is 9.53 Å². The summed E-state index contributed by atoms with van der Waals surface area (Å²) in [7, 11) is 3.93. The standard InChI is InChI=1S/C23H24N4O3S/c1-5-30-22(29)19-14(2)25-23-27(20(19)15-8-10-17(11-9-15)26(3)4)21(28)18(31-23)13-16-7-6-12-24-16/h6-13,20,24H,5H2,1-4H3/b18-13+/t20-/m1/s1. The molecule has 1 aromatic carbocycles. The van der Waals surface area contributed by atoms with Crippen molar-refractivity contribution in [2.75, 3.05) is 25.6 Å². The van der Waals surface area contributed by atoms with Gasteiger partial charge in [0.25, 0.3) is 5.56 Å². The highest BCUT2D eigenvalue weighted by Gasteiger charge is 2.33. The number of carbonyl (C=O) groups is 1. The minimum Gasteiger partial charge on any atom is -0.463 e. The molecule has 2 aromatic heterocycles. The van der Waals surface area contributed by atoms with E-state index in [1.54, 1.807) is 30.7 Å². The highest BCUT2D eigenvalue weighted by Crippen LogP contribution is 2.31. The fourth-order valence-corrected chi connectivity index (χ4v) is 4.67. The number of aromatic amines is 1. The molecule has 3 aromatic rings. The van der Waals surface area contributed by atoms with Crippen molar-refractivity contribution in [2.24, 2.45) is 4.99 Å². The molecule has 0 radical (unpaired) electrons. The lowest BCUT2D eigenvalue weighted by Gasteiger charge is -2.25. The first-order valence-corrected chi connectivity index (χ1v) is 10.8. The molecule has 0 bridgehead atoms. The van der Waals surface area contributed by atoms with Gasteiger partial charge in [-0.25, -0.2) is 9.79 Å². The number of rotatable bonds is 5. The molecule has 1 aliphatic rings. The molecule has 31 heavy (non-hydrogen) atoms. The second-order valence-corrected chi connectivity index (χ2v) is 8.42. The van der Waals surface area contributed by atoms with E-state index in [4.69, 9.17) is 4.74 Å². The lowest BCUT2D eigenvalue weighted by atomic mass is 9.95. The van der Waals surface area contributed by atoms with Crippen molar-refractivity contribution in [2.45, 2.75) is 19.9 Å². The fraction of sp³-hybridized carbons (Fsp3) is 0.261. The Morgan fingerprint density at radius 1 is 1.29 bits per heavy atom. The number of nitrogens with zero attached hydrogens (tertiary/aromatic N) is 3. The first-order chi connectivity index (χ1) is 14.9. The van der Waals surface area contributed by atoms with Crippen molar-refractivity contribution in [3.63, 3.8) is 0 Å². The molecule has 0 amide bonds. The summed E-state index contributed by atoms with van der Waals surface area (Å²) >= 11 is 1.31. The minimum absolute atomic E-state index is 0.186. The van der Waals surface area contributed by atoms with Crippen LogP contribution in [0.1, 0.15) is 31.1 Å². The molecule has 0 fully saturated rings. The summed E-state index contributed by atoms with van der Waals surface area (Å²) in [5.41, 5.74) is 3.45. The van der Waals surface area contributed by atoms with E-state index >= 15 is 0 Å². The number of ether oxygens (including phenoxy) is 1. The van der Waals surface area contributed by atoms with Gasteiger partial charge in [0.15, 0.2) is 4.80 Å².